The van der Waals surface area contributed by atoms with Crippen molar-refractivity contribution >= 4 is 41.1 Å². The molecular formula is C54H85N3O9Si3. The summed E-state index contributed by atoms with van der Waals surface area (Å²) in [6.07, 6.45) is 6.33. The normalized spacial score (nSPS) is 18.1. The molecule has 1 aliphatic rings. The van der Waals surface area contributed by atoms with Gasteiger partial charge in [-0.25, -0.2) is 4.79 Å². The minimum absolute atomic E-state index is 0.0470. The van der Waals surface area contributed by atoms with Crippen molar-refractivity contribution in [1.82, 2.24) is 0 Å². The third-order valence-electron chi connectivity index (χ3n) is 14.0. The van der Waals surface area contributed by atoms with E-state index in [0.29, 0.717) is 61.5 Å². The zero-order chi connectivity index (χ0) is 51.3. The van der Waals surface area contributed by atoms with Gasteiger partial charge in [0.15, 0.2) is 20.9 Å². The highest BCUT2D eigenvalue weighted by Crippen LogP contribution is 2.45. The fraction of sp³-hybridized carbons (Fsp3) is 0.611. The lowest BCUT2D eigenvalue weighted by molar-refractivity contribution is -0.152. The first kappa shape index (κ1) is 57.8. The molecule has 1 heterocycles. The van der Waals surface area contributed by atoms with Gasteiger partial charge in [-0.2, -0.15) is 0 Å². The molecule has 5 atom stereocenters. The van der Waals surface area contributed by atoms with Gasteiger partial charge >= 0.3 is 5.97 Å². The summed E-state index contributed by atoms with van der Waals surface area (Å²) in [6.45, 7) is 31.8. The molecular weight excluding hydrogens is 919 g/mol. The number of hydrogen-bond acceptors (Lipinski definition) is 10. The minimum Gasteiger partial charge on any atom is -0.493 e. The molecule has 0 spiro atoms. The summed E-state index contributed by atoms with van der Waals surface area (Å²) in [6, 6.07) is 24.8. The van der Waals surface area contributed by atoms with Crippen LogP contribution in [0.5, 0.6) is 11.5 Å². The summed E-state index contributed by atoms with van der Waals surface area (Å²) in [5.41, 5.74) is 9.82. The van der Waals surface area contributed by atoms with Gasteiger partial charge in [-0.1, -0.05) is 146 Å². The van der Waals surface area contributed by atoms with Gasteiger partial charge in [-0.15, -0.1) is 0 Å². The van der Waals surface area contributed by atoms with E-state index in [-0.39, 0.29) is 36.3 Å². The molecule has 12 nitrogen and oxygen atoms in total. The number of benzene rings is 3. The lowest BCUT2D eigenvalue weighted by Gasteiger charge is -2.43. The molecule has 0 aromatic heterocycles. The molecule has 1 fully saturated rings. The number of nitrogens with zero attached hydrogens (tertiary/aromatic N) is 3. The number of hydrogen-bond donors (Lipinski definition) is 1. The van der Waals surface area contributed by atoms with E-state index in [2.05, 4.69) is 128 Å². The van der Waals surface area contributed by atoms with Crippen molar-refractivity contribution in [2.24, 2.45) is 17.0 Å². The molecule has 69 heavy (non-hydrogen) atoms. The van der Waals surface area contributed by atoms with E-state index >= 15 is 0 Å². The van der Waals surface area contributed by atoms with E-state index in [1.807, 2.05) is 56.3 Å². The molecule has 3 aromatic rings. The average Bonchev–Trinajstić information content (AvgIpc) is 3.59. The van der Waals surface area contributed by atoms with Gasteiger partial charge in [0.2, 0.25) is 0 Å². The Hall–Kier alpha value is -3.77. The Morgan fingerprint density at radius 2 is 1.48 bits per heavy atom. The maximum atomic E-state index is 14.1. The second kappa shape index (κ2) is 25.1. The zero-order valence-electron chi connectivity index (χ0n) is 44.6. The van der Waals surface area contributed by atoms with Crippen LogP contribution in [0.4, 0.5) is 0 Å². The Morgan fingerprint density at radius 1 is 0.870 bits per heavy atom. The first-order valence-electron chi connectivity index (χ1n) is 24.9. The average molecular weight is 1000 g/mol. The van der Waals surface area contributed by atoms with Crippen LogP contribution in [0.25, 0.3) is 10.4 Å². The highest BCUT2D eigenvalue weighted by Gasteiger charge is 2.51. The van der Waals surface area contributed by atoms with Crippen LogP contribution in [0.3, 0.4) is 0 Å². The van der Waals surface area contributed by atoms with Crippen LogP contribution >= 0.6 is 0 Å². The lowest BCUT2D eigenvalue weighted by atomic mass is 9.87. The van der Waals surface area contributed by atoms with E-state index in [0.717, 1.165) is 22.8 Å². The van der Waals surface area contributed by atoms with Crippen LogP contribution in [0.15, 0.2) is 90.1 Å². The molecule has 1 aliphatic heterocycles. The molecule has 0 amide bonds. The fourth-order valence-electron chi connectivity index (χ4n) is 8.84. The van der Waals surface area contributed by atoms with Crippen LogP contribution in [0.2, 0.25) is 48.9 Å². The molecule has 1 unspecified atom stereocenters. The quantitative estimate of drug-likeness (QED) is 0.0115. The van der Waals surface area contributed by atoms with Gasteiger partial charge in [0.05, 0.1) is 25.4 Å². The SMILES string of the molecule is COCOc1ccc(OCCCN=[N+]=[N-])c(CCC[C@@H]2OC(C)(C)O[C@@H]2C(/C=C\[C@@H](C)[C@H](C)CC(C)(C)[Si](O)(c2ccccc2)c2ccccc2)O[Si](C)(C)C(C)(C)C)c1C(=O)OCC[Si](C)(C)C. The van der Waals surface area contributed by atoms with Crippen molar-refractivity contribution in [3.8, 4) is 11.5 Å². The second-order valence-electron chi connectivity index (χ2n) is 22.7. The lowest BCUT2D eigenvalue weighted by Crippen LogP contribution is -2.65. The number of methoxy groups -OCH3 is 1. The highest BCUT2D eigenvalue weighted by molar-refractivity contribution is 6.98. The molecule has 0 saturated carbocycles. The van der Waals surface area contributed by atoms with Crippen LogP contribution < -0.4 is 19.8 Å². The first-order chi connectivity index (χ1) is 32.3. The van der Waals surface area contributed by atoms with Crippen molar-refractivity contribution in [2.45, 2.75) is 167 Å². The summed E-state index contributed by atoms with van der Waals surface area (Å²) in [7, 11) is -5.52. The van der Waals surface area contributed by atoms with E-state index in [1.54, 1.807) is 6.07 Å². The first-order valence-corrected chi connectivity index (χ1v) is 33.5. The largest absolute Gasteiger partial charge is 0.493 e. The van der Waals surface area contributed by atoms with Crippen molar-refractivity contribution in [2.75, 3.05) is 33.7 Å². The van der Waals surface area contributed by atoms with Gasteiger partial charge in [-0.3, -0.25) is 0 Å². The van der Waals surface area contributed by atoms with Gasteiger partial charge < -0.3 is 37.6 Å². The Labute approximate surface area is 417 Å². The summed E-state index contributed by atoms with van der Waals surface area (Å²) >= 11 is 0. The number of ether oxygens (including phenoxy) is 6. The molecule has 1 saturated heterocycles. The molecule has 15 heteroatoms. The number of azide groups is 1. The van der Waals surface area contributed by atoms with E-state index in [1.165, 1.54) is 7.11 Å². The van der Waals surface area contributed by atoms with Crippen LogP contribution in [0, 0.1) is 11.8 Å². The van der Waals surface area contributed by atoms with Crippen molar-refractivity contribution in [3.63, 3.8) is 0 Å². The number of rotatable bonds is 27. The van der Waals surface area contributed by atoms with Crippen molar-refractivity contribution < 1.29 is 42.4 Å². The molecule has 1 N–H and O–H groups in total. The second-order valence-corrected chi connectivity index (χ2v) is 37.0. The van der Waals surface area contributed by atoms with Crippen LogP contribution in [-0.4, -0.2) is 93.2 Å². The van der Waals surface area contributed by atoms with E-state index in [9.17, 15) is 9.59 Å². The Morgan fingerprint density at radius 3 is 2.04 bits per heavy atom. The summed E-state index contributed by atoms with van der Waals surface area (Å²) in [4.78, 5) is 29.9. The Balaban J connectivity index is 1.67. The van der Waals surface area contributed by atoms with Gasteiger partial charge in [-0.05, 0) is 115 Å². The predicted octanol–water partition coefficient (Wildman–Crippen LogP) is 12.2. The third-order valence-corrected chi connectivity index (χ3v) is 24.6. The number of allylic oxidation sites excluding steroid dienone is 1. The molecule has 0 aliphatic carbocycles. The summed E-state index contributed by atoms with van der Waals surface area (Å²) in [5, 5.41) is 5.22. The van der Waals surface area contributed by atoms with E-state index < -0.39 is 53.7 Å². The van der Waals surface area contributed by atoms with Crippen LogP contribution in [0.1, 0.15) is 104 Å². The maximum absolute atomic E-state index is 14.1. The zero-order valence-corrected chi connectivity index (χ0v) is 47.6. The smallest absolute Gasteiger partial charge is 0.342 e. The van der Waals surface area contributed by atoms with Crippen LogP contribution in [-0.2, 0) is 29.8 Å². The predicted molar refractivity (Wildman–Crippen MR) is 287 cm³/mol. The monoisotopic (exact) mass is 1000 g/mol. The summed E-state index contributed by atoms with van der Waals surface area (Å²) in [5.74, 6) is -0.0715. The molecule has 3 aromatic carbocycles. The van der Waals surface area contributed by atoms with Crippen molar-refractivity contribution in [3.05, 3.63) is 107 Å². The summed E-state index contributed by atoms with van der Waals surface area (Å²) < 4.78 is 44.4. The Bertz CT molecular complexity index is 2110. The van der Waals surface area contributed by atoms with Gasteiger partial charge in [0.25, 0.3) is 8.32 Å². The Kier molecular flexibility index (Phi) is 21.0. The highest BCUT2D eigenvalue weighted by atomic mass is 28.4. The van der Waals surface area contributed by atoms with Gasteiger partial charge in [0.1, 0.15) is 23.2 Å². The molecule has 0 bridgehead atoms. The minimum atomic E-state index is -3.21. The van der Waals surface area contributed by atoms with Crippen molar-refractivity contribution in [1.29, 1.82) is 0 Å². The topological polar surface area (TPSA) is 151 Å². The molecule has 4 rings (SSSR count). The van der Waals surface area contributed by atoms with Gasteiger partial charge in [0, 0.05) is 32.2 Å². The molecule has 0 radical (unpaired) electrons. The number of esters is 1. The fourth-order valence-corrected chi connectivity index (χ4v) is 14.7. The molecule has 382 valence electrons. The third kappa shape index (κ3) is 16.1. The van der Waals surface area contributed by atoms with E-state index in [4.69, 9.17) is 38.4 Å². The maximum Gasteiger partial charge on any atom is 0.342 e. The number of carbonyl (C=O) groups is 1. The standard InChI is InChI=1S/C54H85N3O9Si3/c1-40(41(2)38-53(6,7)69(59,42-24-18-16-19-25-42)43-26-20-17-21-27-43)30-31-48(66-68(14,15)52(3,4)5)50-47(64-54(8,9)65-50)29-22-28-44-45(61-35-23-34-56-57-55)32-33-46(63-39-60-10)49(44)51(58)62-36-37-67(11,12)13/h16-21,24-27,30-33,40-41,47-48,50,59H,22-23,28-29,34-39H2,1-15H3/b31-30-/t40-,41-,47+,48?,50+/m1/s1. The number of carbonyl (C=O) groups excluding carboxylic acids is 1.